The van der Waals surface area contributed by atoms with Crippen molar-refractivity contribution in [3.63, 3.8) is 0 Å². The van der Waals surface area contributed by atoms with E-state index in [4.69, 9.17) is 5.73 Å². The molecule has 1 amide bonds. The number of unbranched alkanes of at least 4 members (excludes halogenated alkanes) is 1. The Morgan fingerprint density at radius 2 is 2.24 bits per heavy atom. The van der Waals surface area contributed by atoms with Gasteiger partial charge in [0.2, 0.25) is 5.91 Å². The van der Waals surface area contributed by atoms with Crippen LogP contribution in [0, 0.1) is 11.8 Å². The third-order valence-electron chi connectivity index (χ3n) is 3.83. The van der Waals surface area contributed by atoms with E-state index in [0.29, 0.717) is 18.9 Å². The van der Waals surface area contributed by atoms with Gasteiger partial charge in [-0.3, -0.25) is 4.79 Å². The molecule has 1 rings (SSSR count). The summed E-state index contributed by atoms with van der Waals surface area (Å²) < 4.78 is 0. The predicted octanol–water partition coefficient (Wildman–Crippen LogP) is 2.45. The summed E-state index contributed by atoms with van der Waals surface area (Å²) in [5, 5.41) is 3.08. The molecular formula is C14H28N2O. The second-order valence-corrected chi connectivity index (χ2v) is 5.63. The number of amides is 1. The molecule has 3 nitrogen and oxygen atoms in total. The summed E-state index contributed by atoms with van der Waals surface area (Å²) in [5.41, 5.74) is 5.68. The number of carbonyl (C=O) groups excluding carboxylic acids is 1. The van der Waals surface area contributed by atoms with Crippen molar-refractivity contribution in [3.05, 3.63) is 0 Å². The lowest BCUT2D eigenvalue weighted by molar-refractivity contribution is -0.122. The minimum Gasteiger partial charge on any atom is -0.352 e. The van der Waals surface area contributed by atoms with E-state index in [2.05, 4.69) is 19.2 Å². The quantitative estimate of drug-likeness (QED) is 0.718. The van der Waals surface area contributed by atoms with Crippen LogP contribution in [0.15, 0.2) is 0 Å². The molecule has 3 atom stereocenters. The van der Waals surface area contributed by atoms with Crippen LogP contribution in [-0.4, -0.2) is 18.5 Å². The monoisotopic (exact) mass is 240 g/mol. The van der Waals surface area contributed by atoms with Gasteiger partial charge in [-0.1, -0.05) is 33.1 Å². The first-order chi connectivity index (χ1) is 8.15. The summed E-state index contributed by atoms with van der Waals surface area (Å²) in [7, 11) is 0. The second kappa shape index (κ2) is 7.70. The first-order valence-electron chi connectivity index (χ1n) is 7.15. The van der Waals surface area contributed by atoms with Crippen molar-refractivity contribution < 1.29 is 4.79 Å². The number of carbonyl (C=O) groups is 1. The van der Waals surface area contributed by atoms with Crippen molar-refractivity contribution in [1.29, 1.82) is 0 Å². The van der Waals surface area contributed by atoms with E-state index in [9.17, 15) is 4.79 Å². The van der Waals surface area contributed by atoms with E-state index in [1.165, 1.54) is 19.3 Å². The molecule has 0 saturated heterocycles. The van der Waals surface area contributed by atoms with Gasteiger partial charge in [0, 0.05) is 19.0 Å². The molecule has 3 N–H and O–H groups in total. The zero-order valence-corrected chi connectivity index (χ0v) is 11.4. The van der Waals surface area contributed by atoms with E-state index in [1.807, 2.05) is 0 Å². The summed E-state index contributed by atoms with van der Waals surface area (Å²) in [6, 6.07) is 0.182. The molecule has 3 unspecified atom stereocenters. The molecule has 1 fully saturated rings. The highest BCUT2D eigenvalue weighted by atomic mass is 16.1. The van der Waals surface area contributed by atoms with Gasteiger partial charge in [-0.15, -0.1) is 0 Å². The maximum absolute atomic E-state index is 11.9. The van der Waals surface area contributed by atoms with Crippen LogP contribution in [0.2, 0.25) is 0 Å². The Bertz CT molecular complexity index is 230. The smallest absolute Gasteiger partial charge is 0.220 e. The number of nitrogens with two attached hydrogens (primary N) is 1. The fourth-order valence-electron chi connectivity index (χ4n) is 2.76. The number of nitrogens with one attached hydrogen (secondary N) is 1. The highest BCUT2D eigenvalue weighted by molar-refractivity contribution is 5.76. The van der Waals surface area contributed by atoms with Gasteiger partial charge >= 0.3 is 0 Å². The average molecular weight is 240 g/mol. The minimum atomic E-state index is 0.182. The van der Waals surface area contributed by atoms with Crippen LogP contribution in [0.1, 0.15) is 58.8 Å². The molecule has 0 spiro atoms. The second-order valence-electron chi connectivity index (χ2n) is 5.63. The van der Waals surface area contributed by atoms with Gasteiger partial charge in [-0.05, 0) is 31.1 Å². The standard InChI is InChI=1S/C14H28N2O/c1-3-4-5-13(10-15)16-14(17)9-12-7-6-11(2)8-12/h11-13H,3-10,15H2,1-2H3,(H,16,17). The van der Waals surface area contributed by atoms with Gasteiger partial charge in [0.25, 0.3) is 0 Å². The summed E-state index contributed by atoms with van der Waals surface area (Å²) >= 11 is 0. The van der Waals surface area contributed by atoms with Gasteiger partial charge in [-0.2, -0.15) is 0 Å². The van der Waals surface area contributed by atoms with Crippen LogP contribution in [-0.2, 0) is 4.79 Å². The van der Waals surface area contributed by atoms with Crippen molar-refractivity contribution in [2.24, 2.45) is 17.6 Å². The lowest BCUT2D eigenvalue weighted by Gasteiger charge is -2.18. The average Bonchev–Trinajstić information content (AvgIpc) is 2.69. The predicted molar refractivity (Wildman–Crippen MR) is 71.6 cm³/mol. The molecule has 0 bridgehead atoms. The van der Waals surface area contributed by atoms with E-state index >= 15 is 0 Å². The zero-order valence-electron chi connectivity index (χ0n) is 11.4. The van der Waals surface area contributed by atoms with Gasteiger partial charge in [0.1, 0.15) is 0 Å². The molecule has 100 valence electrons. The van der Waals surface area contributed by atoms with Gasteiger partial charge in [0.15, 0.2) is 0 Å². The van der Waals surface area contributed by atoms with Crippen LogP contribution < -0.4 is 11.1 Å². The van der Waals surface area contributed by atoms with Crippen molar-refractivity contribution >= 4 is 5.91 Å². The van der Waals surface area contributed by atoms with Gasteiger partial charge in [0.05, 0.1) is 0 Å². The highest BCUT2D eigenvalue weighted by Gasteiger charge is 2.24. The SMILES string of the molecule is CCCCC(CN)NC(=O)CC1CCC(C)C1. The molecule has 0 radical (unpaired) electrons. The van der Waals surface area contributed by atoms with Crippen molar-refractivity contribution in [1.82, 2.24) is 5.32 Å². The van der Waals surface area contributed by atoms with E-state index in [0.717, 1.165) is 25.2 Å². The topological polar surface area (TPSA) is 55.1 Å². The van der Waals surface area contributed by atoms with Gasteiger partial charge in [-0.25, -0.2) is 0 Å². The lowest BCUT2D eigenvalue weighted by atomic mass is 10.0. The Kier molecular flexibility index (Phi) is 6.56. The Labute approximate surface area is 106 Å². The van der Waals surface area contributed by atoms with Crippen molar-refractivity contribution in [2.45, 2.75) is 64.8 Å². The van der Waals surface area contributed by atoms with Crippen LogP contribution in [0.25, 0.3) is 0 Å². The fourth-order valence-corrected chi connectivity index (χ4v) is 2.76. The molecule has 17 heavy (non-hydrogen) atoms. The number of rotatable bonds is 7. The Morgan fingerprint density at radius 3 is 2.76 bits per heavy atom. The molecule has 0 aromatic carbocycles. The first kappa shape index (κ1) is 14.5. The van der Waals surface area contributed by atoms with Crippen LogP contribution in [0.3, 0.4) is 0 Å². The number of hydrogen-bond acceptors (Lipinski definition) is 2. The fraction of sp³-hybridized carbons (Fsp3) is 0.929. The summed E-state index contributed by atoms with van der Waals surface area (Å²) in [5.74, 6) is 1.61. The number of hydrogen-bond donors (Lipinski definition) is 2. The molecule has 1 saturated carbocycles. The Morgan fingerprint density at radius 1 is 1.47 bits per heavy atom. The molecule has 1 aliphatic carbocycles. The van der Waals surface area contributed by atoms with E-state index < -0.39 is 0 Å². The Hall–Kier alpha value is -0.570. The van der Waals surface area contributed by atoms with E-state index in [-0.39, 0.29) is 11.9 Å². The molecule has 1 aliphatic rings. The summed E-state index contributed by atoms with van der Waals surface area (Å²) in [6.07, 6.45) is 7.74. The minimum absolute atomic E-state index is 0.182. The zero-order chi connectivity index (χ0) is 12.7. The molecule has 0 aromatic heterocycles. The highest BCUT2D eigenvalue weighted by Crippen LogP contribution is 2.32. The first-order valence-corrected chi connectivity index (χ1v) is 7.15. The van der Waals surface area contributed by atoms with E-state index in [1.54, 1.807) is 0 Å². The van der Waals surface area contributed by atoms with Crippen LogP contribution in [0.4, 0.5) is 0 Å². The van der Waals surface area contributed by atoms with Crippen molar-refractivity contribution in [3.8, 4) is 0 Å². The molecule has 3 heteroatoms. The van der Waals surface area contributed by atoms with Crippen LogP contribution >= 0.6 is 0 Å². The van der Waals surface area contributed by atoms with Gasteiger partial charge < -0.3 is 11.1 Å². The normalized spacial score (nSPS) is 25.8. The summed E-state index contributed by atoms with van der Waals surface area (Å²) in [6.45, 7) is 5.00. The molecule has 0 aliphatic heterocycles. The third kappa shape index (κ3) is 5.53. The maximum Gasteiger partial charge on any atom is 0.220 e. The third-order valence-corrected chi connectivity index (χ3v) is 3.83. The Balaban J connectivity index is 2.22. The molecular weight excluding hydrogens is 212 g/mol. The molecule has 0 aromatic rings. The summed E-state index contributed by atoms with van der Waals surface area (Å²) in [4.78, 5) is 11.9. The lowest BCUT2D eigenvalue weighted by Crippen LogP contribution is -2.40. The largest absolute Gasteiger partial charge is 0.352 e. The molecule has 0 heterocycles. The van der Waals surface area contributed by atoms with Crippen LogP contribution in [0.5, 0.6) is 0 Å². The maximum atomic E-state index is 11.9. The van der Waals surface area contributed by atoms with Crippen molar-refractivity contribution in [2.75, 3.05) is 6.54 Å².